The van der Waals surface area contributed by atoms with Crippen LogP contribution in [0.2, 0.25) is 0 Å². The van der Waals surface area contributed by atoms with Crippen molar-refractivity contribution in [3.8, 4) is 0 Å². The highest BCUT2D eigenvalue weighted by Gasteiger charge is 2.53. The standard InChI is InChI=1S/C15H25IO/c1-9-6-15(5)11(13(17)10(9)2)7-14(3,4)8-12(15)16/h11-13,17H,6-8H2,1-5H3/t11-,12-,13+,15-/m0/s1. The third-order valence-corrected chi connectivity index (χ3v) is 7.07. The summed E-state index contributed by atoms with van der Waals surface area (Å²) in [5.74, 6) is 0.442. The fraction of sp³-hybridized carbons (Fsp3) is 0.867. The summed E-state index contributed by atoms with van der Waals surface area (Å²) < 4.78 is 0.673. The summed E-state index contributed by atoms with van der Waals surface area (Å²) >= 11 is 2.63. The van der Waals surface area contributed by atoms with Gasteiger partial charge in [0.2, 0.25) is 0 Å². The van der Waals surface area contributed by atoms with Crippen molar-refractivity contribution in [1.82, 2.24) is 0 Å². The number of halogens is 1. The minimum atomic E-state index is -0.217. The first-order valence-electron chi connectivity index (χ1n) is 6.66. The topological polar surface area (TPSA) is 20.2 Å². The molecule has 4 atom stereocenters. The average molecular weight is 348 g/mol. The Hall–Kier alpha value is 0.430. The molecule has 0 aromatic rings. The fourth-order valence-corrected chi connectivity index (χ4v) is 5.72. The van der Waals surface area contributed by atoms with Crippen molar-refractivity contribution in [2.45, 2.75) is 63.9 Å². The van der Waals surface area contributed by atoms with Crippen LogP contribution in [0.15, 0.2) is 11.1 Å². The van der Waals surface area contributed by atoms with E-state index in [0.717, 1.165) is 6.42 Å². The Balaban J connectivity index is 2.41. The highest BCUT2D eigenvalue weighted by Crippen LogP contribution is 2.58. The normalized spacial score (nSPS) is 45.7. The van der Waals surface area contributed by atoms with Gasteiger partial charge in [-0.3, -0.25) is 0 Å². The Morgan fingerprint density at radius 3 is 2.35 bits per heavy atom. The molecule has 0 spiro atoms. The molecule has 0 unspecified atom stereocenters. The lowest BCUT2D eigenvalue weighted by Crippen LogP contribution is -2.52. The van der Waals surface area contributed by atoms with E-state index in [1.54, 1.807) is 0 Å². The molecule has 2 aliphatic carbocycles. The number of aliphatic hydroxyl groups is 1. The van der Waals surface area contributed by atoms with E-state index >= 15 is 0 Å². The molecular formula is C15H25IO. The second-order valence-electron chi connectivity index (χ2n) is 7.24. The lowest BCUT2D eigenvalue weighted by molar-refractivity contribution is -0.0291. The Morgan fingerprint density at radius 2 is 1.76 bits per heavy atom. The Morgan fingerprint density at radius 1 is 1.18 bits per heavy atom. The van der Waals surface area contributed by atoms with Gasteiger partial charge in [0, 0.05) is 3.92 Å². The van der Waals surface area contributed by atoms with Gasteiger partial charge in [-0.05, 0) is 55.4 Å². The maximum absolute atomic E-state index is 10.6. The summed E-state index contributed by atoms with van der Waals surface area (Å²) in [6, 6.07) is 0. The van der Waals surface area contributed by atoms with Crippen LogP contribution in [0, 0.1) is 16.7 Å². The second kappa shape index (κ2) is 4.22. The number of allylic oxidation sites excluding steroid dienone is 1. The van der Waals surface area contributed by atoms with Crippen LogP contribution in [-0.4, -0.2) is 15.1 Å². The molecule has 1 fully saturated rings. The first kappa shape index (κ1) is 13.9. The molecule has 0 aromatic heterocycles. The van der Waals surface area contributed by atoms with Gasteiger partial charge in [0.05, 0.1) is 6.10 Å². The van der Waals surface area contributed by atoms with E-state index in [9.17, 15) is 5.11 Å². The zero-order chi connectivity index (χ0) is 13.0. The van der Waals surface area contributed by atoms with E-state index in [2.05, 4.69) is 57.2 Å². The van der Waals surface area contributed by atoms with Crippen molar-refractivity contribution in [2.75, 3.05) is 0 Å². The minimum Gasteiger partial charge on any atom is -0.388 e. The molecule has 0 heterocycles. The van der Waals surface area contributed by atoms with E-state index in [-0.39, 0.29) is 6.10 Å². The summed E-state index contributed by atoms with van der Waals surface area (Å²) in [5, 5.41) is 10.6. The van der Waals surface area contributed by atoms with Crippen LogP contribution < -0.4 is 0 Å². The van der Waals surface area contributed by atoms with Crippen molar-refractivity contribution in [3.63, 3.8) is 0 Å². The van der Waals surface area contributed by atoms with Gasteiger partial charge in [0.25, 0.3) is 0 Å². The van der Waals surface area contributed by atoms with Gasteiger partial charge in [-0.2, -0.15) is 0 Å². The Kier molecular flexibility index (Phi) is 3.44. The summed E-state index contributed by atoms with van der Waals surface area (Å²) in [6.45, 7) is 11.4. The van der Waals surface area contributed by atoms with Gasteiger partial charge in [-0.15, -0.1) is 0 Å². The SMILES string of the molecule is CC1=C(C)[C@@H](O)[C@@H]2CC(C)(C)C[C@H](I)[C@@]2(C)C1. The maximum atomic E-state index is 10.6. The molecule has 1 nitrogen and oxygen atoms in total. The summed E-state index contributed by atoms with van der Waals surface area (Å²) in [6.07, 6.45) is 3.39. The zero-order valence-electron chi connectivity index (χ0n) is 11.7. The average Bonchev–Trinajstić information content (AvgIpc) is 2.19. The molecule has 0 radical (unpaired) electrons. The highest BCUT2D eigenvalue weighted by molar-refractivity contribution is 14.1. The van der Waals surface area contributed by atoms with Crippen LogP contribution >= 0.6 is 22.6 Å². The third kappa shape index (κ3) is 2.20. The van der Waals surface area contributed by atoms with Crippen molar-refractivity contribution < 1.29 is 5.11 Å². The number of aliphatic hydroxyl groups excluding tert-OH is 1. The molecule has 2 heteroatoms. The smallest absolute Gasteiger partial charge is 0.0783 e. The number of hydrogen-bond donors (Lipinski definition) is 1. The lowest BCUT2D eigenvalue weighted by Gasteiger charge is -2.55. The number of fused-ring (bicyclic) bond motifs is 1. The molecule has 0 bridgehead atoms. The molecule has 1 N–H and O–H groups in total. The first-order valence-corrected chi connectivity index (χ1v) is 7.90. The number of rotatable bonds is 0. The van der Waals surface area contributed by atoms with Gasteiger partial charge in [0.15, 0.2) is 0 Å². The Labute approximate surface area is 119 Å². The molecule has 2 rings (SSSR count). The summed E-state index contributed by atoms with van der Waals surface area (Å²) in [4.78, 5) is 0. The van der Waals surface area contributed by atoms with Gasteiger partial charge in [0.1, 0.15) is 0 Å². The molecular weight excluding hydrogens is 323 g/mol. The van der Waals surface area contributed by atoms with Crippen LogP contribution in [0.4, 0.5) is 0 Å². The van der Waals surface area contributed by atoms with E-state index < -0.39 is 0 Å². The minimum absolute atomic E-state index is 0.217. The van der Waals surface area contributed by atoms with Crippen LogP contribution in [-0.2, 0) is 0 Å². The van der Waals surface area contributed by atoms with Crippen molar-refractivity contribution in [3.05, 3.63) is 11.1 Å². The van der Waals surface area contributed by atoms with E-state index in [4.69, 9.17) is 0 Å². The van der Waals surface area contributed by atoms with Gasteiger partial charge >= 0.3 is 0 Å². The zero-order valence-corrected chi connectivity index (χ0v) is 13.8. The van der Waals surface area contributed by atoms with Crippen molar-refractivity contribution >= 4 is 22.6 Å². The van der Waals surface area contributed by atoms with Crippen molar-refractivity contribution in [1.29, 1.82) is 0 Å². The monoisotopic (exact) mass is 348 g/mol. The number of hydrogen-bond acceptors (Lipinski definition) is 1. The van der Waals surface area contributed by atoms with Gasteiger partial charge < -0.3 is 5.11 Å². The summed E-state index contributed by atoms with van der Waals surface area (Å²) in [5.41, 5.74) is 3.31. The van der Waals surface area contributed by atoms with Gasteiger partial charge in [-0.1, -0.05) is 48.9 Å². The van der Waals surface area contributed by atoms with E-state index in [1.807, 2.05) is 0 Å². The molecule has 0 aliphatic heterocycles. The van der Waals surface area contributed by atoms with E-state index in [1.165, 1.54) is 24.0 Å². The lowest BCUT2D eigenvalue weighted by atomic mass is 9.53. The first-order chi connectivity index (χ1) is 7.67. The predicted molar refractivity (Wildman–Crippen MR) is 81.4 cm³/mol. The molecule has 98 valence electrons. The molecule has 0 aromatic carbocycles. The summed E-state index contributed by atoms with van der Waals surface area (Å²) in [7, 11) is 0. The molecule has 0 amide bonds. The highest BCUT2D eigenvalue weighted by atomic mass is 127. The second-order valence-corrected chi connectivity index (χ2v) is 8.74. The largest absolute Gasteiger partial charge is 0.388 e. The van der Waals surface area contributed by atoms with Crippen LogP contribution in [0.25, 0.3) is 0 Å². The van der Waals surface area contributed by atoms with Crippen LogP contribution in [0.3, 0.4) is 0 Å². The molecule has 1 saturated carbocycles. The maximum Gasteiger partial charge on any atom is 0.0783 e. The molecule has 17 heavy (non-hydrogen) atoms. The van der Waals surface area contributed by atoms with E-state index in [0.29, 0.717) is 20.7 Å². The quantitative estimate of drug-likeness (QED) is 0.392. The fourth-order valence-electron chi connectivity index (χ4n) is 3.84. The number of alkyl halides is 1. The Bertz CT molecular complexity index is 358. The third-order valence-electron chi connectivity index (χ3n) is 5.21. The molecule has 0 saturated heterocycles. The van der Waals surface area contributed by atoms with Crippen LogP contribution in [0.1, 0.15) is 53.9 Å². The predicted octanol–water partition coefficient (Wildman–Crippen LogP) is 4.33. The van der Waals surface area contributed by atoms with Gasteiger partial charge in [-0.25, -0.2) is 0 Å². The van der Waals surface area contributed by atoms with Crippen LogP contribution in [0.5, 0.6) is 0 Å². The van der Waals surface area contributed by atoms with Crippen molar-refractivity contribution in [2.24, 2.45) is 16.7 Å². The molecule has 2 aliphatic rings.